The van der Waals surface area contributed by atoms with Gasteiger partial charge in [0.1, 0.15) is 11.5 Å². The van der Waals surface area contributed by atoms with Crippen LogP contribution in [0.4, 0.5) is 0 Å². The molecule has 1 N–H and O–H groups in total. The third kappa shape index (κ3) is 8.06. The molecule has 0 aliphatic rings. The predicted molar refractivity (Wildman–Crippen MR) is 156 cm³/mol. The van der Waals surface area contributed by atoms with Gasteiger partial charge in [0.2, 0.25) is 0 Å². The molecular formula is C33H37O5P. The first kappa shape index (κ1) is 28.6. The van der Waals surface area contributed by atoms with E-state index in [2.05, 4.69) is 33.8 Å². The molecular weight excluding hydrogens is 507 g/mol. The number of phenolic OH excluding ortho intramolecular Hbond substituents is 1. The van der Waals surface area contributed by atoms with Gasteiger partial charge in [-0.2, -0.15) is 0 Å². The van der Waals surface area contributed by atoms with Gasteiger partial charge in [0.05, 0.1) is 13.2 Å². The maximum absolute atomic E-state index is 13.7. The molecule has 0 saturated carbocycles. The first-order valence-electron chi connectivity index (χ1n) is 13.2. The molecule has 5 nitrogen and oxygen atoms in total. The normalized spacial score (nSPS) is 11.6. The lowest BCUT2D eigenvalue weighted by atomic mass is 9.93. The van der Waals surface area contributed by atoms with E-state index < -0.39 is 7.60 Å². The Kier molecular flexibility index (Phi) is 9.63. The fourth-order valence-electron chi connectivity index (χ4n) is 4.46. The molecule has 4 aromatic rings. The molecule has 4 aromatic carbocycles. The van der Waals surface area contributed by atoms with Crippen LogP contribution < -0.4 is 4.74 Å². The molecule has 0 heterocycles. The van der Waals surface area contributed by atoms with Crippen LogP contribution in [0.25, 0.3) is 0 Å². The van der Waals surface area contributed by atoms with Gasteiger partial charge in [-0.1, -0.05) is 86.6 Å². The minimum atomic E-state index is -3.58. The Bertz CT molecular complexity index is 1350. The molecule has 0 fully saturated rings. The summed E-state index contributed by atoms with van der Waals surface area (Å²) in [5.74, 6) is 1.19. The first-order chi connectivity index (χ1) is 18.7. The van der Waals surface area contributed by atoms with Crippen molar-refractivity contribution in [3.05, 3.63) is 130 Å². The molecule has 0 saturated heterocycles. The van der Waals surface area contributed by atoms with Crippen molar-refractivity contribution in [1.82, 2.24) is 0 Å². The van der Waals surface area contributed by atoms with E-state index in [1.165, 1.54) is 5.56 Å². The Morgan fingerprint density at radius 2 is 1.28 bits per heavy atom. The van der Waals surface area contributed by atoms with Crippen LogP contribution in [0.15, 0.2) is 91.0 Å². The second kappa shape index (κ2) is 13.1. The minimum absolute atomic E-state index is 0.165. The minimum Gasteiger partial charge on any atom is -0.508 e. The molecule has 0 unspecified atom stereocenters. The van der Waals surface area contributed by atoms with Gasteiger partial charge in [-0.3, -0.25) is 4.57 Å². The number of hydrogen-bond acceptors (Lipinski definition) is 5. The summed E-state index contributed by atoms with van der Waals surface area (Å²) in [6, 6.07) is 29.0. The fourth-order valence-corrected chi connectivity index (χ4v) is 5.68. The van der Waals surface area contributed by atoms with Crippen LogP contribution in [0.3, 0.4) is 0 Å². The number of phenols is 1. The highest BCUT2D eigenvalue weighted by molar-refractivity contribution is 7.53. The van der Waals surface area contributed by atoms with E-state index >= 15 is 0 Å². The van der Waals surface area contributed by atoms with Crippen LogP contribution in [0.1, 0.15) is 58.7 Å². The number of benzene rings is 4. The van der Waals surface area contributed by atoms with E-state index in [9.17, 15) is 9.67 Å². The maximum atomic E-state index is 13.7. The van der Waals surface area contributed by atoms with Crippen molar-refractivity contribution in [3.8, 4) is 11.5 Å². The molecule has 0 aliphatic carbocycles. The van der Waals surface area contributed by atoms with Crippen LogP contribution in [0.2, 0.25) is 0 Å². The van der Waals surface area contributed by atoms with Crippen molar-refractivity contribution in [2.45, 2.75) is 53.2 Å². The fraction of sp³-hybridized carbons (Fsp3) is 0.273. The monoisotopic (exact) mass is 544 g/mol. The molecule has 0 bridgehead atoms. The summed E-state index contributed by atoms with van der Waals surface area (Å²) in [7, 11) is -3.58. The van der Waals surface area contributed by atoms with E-state index in [0.717, 1.165) is 39.8 Å². The standard InChI is InChI=1S/C33H37O5P/c1-24(2)31-19-29(15-16-33(31)34)20-32-25(3)17-30(18-26(32)4)36-23-39(35,37-21-27-11-7-5-8-12-27)38-22-28-13-9-6-10-14-28/h5-19,24,34H,20-23H2,1-4H3. The van der Waals surface area contributed by atoms with Gasteiger partial charge in [-0.15, -0.1) is 0 Å². The second-order valence-corrected chi connectivity index (χ2v) is 12.2. The average Bonchev–Trinajstić information content (AvgIpc) is 2.94. The molecule has 4 rings (SSSR count). The Balaban J connectivity index is 1.48. The molecule has 204 valence electrons. The summed E-state index contributed by atoms with van der Waals surface area (Å²) in [4.78, 5) is 0. The van der Waals surface area contributed by atoms with E-state index in [-0.39, 0.29) is 25.5 Å². The first-order valence-corrected chi connectivity index (χ1v) is 15.0. The highest BCUT2D eigenvalue weighted by atomic mass is 31.2. The van der Waals surface area contributed by atoms with E-state index in [0.29, 0.717) is 11.5 Å². The van der Waals surface area contributed by atoms with Crippen molar-refractivity contribution in [1.29, 1.82) is 0 Å². The Morgan fingerprint density at radius 1 is 0.744 bits per heavy atom. The molecule has 39 heavy (non-hydrogen) atoms. The lowest BCUT2D eigenvalue weighted by Gasteiger charge is -2.20. The van der Waals surface area contributed by atoms with E-state index in [1.54, 1.807) is 6.07 Å². The van der Waals surface area contributed by atoms with Gasteiger partial charge in [-0.25, -0.2) is 0 Å². The zero-order chi connectivity index (χ0) is 27.8. The van der Waals surface area contributed by atoms with Gasteiger partial charge >= 0.3 is 7.60 Å². The maximum Gasteiger partial charge on any atom is 0.368 e. The number of hydrogen-bond donors (Lipinski definition) is 1. The zero-order valence-electron chi connectivity index (χ0n) is 23.1. The molecule has 0 spiro atoms. The van der Waals surface area contributed by atoms with Crippen LogP contribution >= 0.6 is 7.60 Å². The van der Waals surface area contributed by atoms with E-state index in [1.807, 2.05) is 78.9 Å². The van der Waals surface area contributed by atoms with Crippen molar-refractivity contribution >= 4 is 7.60 Å². The Morgan fingerprint density at radius 3 is 1.79 bits per heavy atom. The zero-order valence-corrected chi connectivity index (χ0v) is 24.0. The smallest absolute Gasteiger partial charge is 0.368 e. The van der Waals surface area contributed by atoms with Gasteiger partial charge in [0.15, 0.2) is 6.35 Å². The van der Waals surface area contributed by atoms with Gasteiger partial charge < -0.3 is 18.9 Å². The Hall–Kier alpha value is -3.37. The van der Waals surface area contributed by atoms with Gasteiger partial charge in [0, 0.05) is 0 Å². The summed E-state index contributed by atoms with van der Waals surface area (Å²) in [6.45, 7) is 8.59. The quantitative estimate of drug-likeness (QED) is 0.181. The predicted octanol–water partition coefficient (Wildman–Crippen LogP) is 8.69. The Labute approximate surface area is 231 Å². The average molecular weight is 545 g/mol. The van der Waals surface area contributed by atoms with Crippen molar-refractivity contribution < 1.29 is 23.5 Å². The lowest BCUT2D eigenvalue weighted by molar-refractivity contribution is 0.172. The van der Waals surface area contributed by atoms with Gasteiger partial charge in [-0.05, 0) is 83.3 Å². The molecule has 6 heteroatoms. The second-order valence-electron chi connectivity index (χ2n) is 10.2. The molecule has 0 radical (unpaired) electrons. The summed E-state index contributed by atoms with van der Waals surface area (Å²) in [5.41, 5.74) is 7.27. The van der Waals surface area contributed by atoms with Crippen LogP contribution in [0.5, 0.6) is 11.5 Å². The highest BCUT2D eigenvalue weighted by Gasteiger charge is 2.27. The largest absolute Gasteiger partial charge is 0.508 e. The third-order valence-corrected chi connectivity index (χ3v) is 8.19. The van der Waals surface area contributed by atoms with Gasteiger partial charge in [0.25, 0.3) is 0 Å². The number of rotatable bonds is 12. The molecule has 0 aromatic heterocycles. The lowest BCUT2D eigenvalue weighted by Crippen LogP contribution is -2.07. The van der Waals surface area contributed by atoms with E-state index in [4.69, 9.17) is 13.8 Å². The summed E-state index contributed by atoms with van der Waals surface area (Å²) < 4.78 is 31.5. The SMILES string of the molecule is Cc1cc(OCP(=O)(OCc2ccccc2)OCc2ccccc2)cc(C)c1Cc1ccc(O)c(C(C)C)c1. The molecule has 0 aliphatic heterocycles. The number of aromatic hydroxyl groups is 1. The van der Waals surface area contributed by atoms with Crippen LogP contribution in [0, 0.1) is 13.8 Å². The molecule has 0 amide bonds. The summed E-state index contributed by atoms with van der Waals surface area (Å²) >= 11 is 0. The number of aryl methyl sites for hydroxylation is 2. The summed E-state index contributed by atoms with van der Waals surface area (Å²) in [6.07, 6.45) is 0.553. The van der Waals surface area contributed by atoms with Crippen molar-refractivity contribution in [3.63, 3.8) is 0 Å². The van der Waals surface area contributed by atoms with Crippen molar-refractivity contribution in [2.75, 3.05) is 6.35 Å². The van der Waals surface area contributed by atoms with Crippen LogP contribution in [-0.4, -0.2) is 11.5 Å². The third-order valence-electron chi connectivity index (χ3n) is 6.70. The van der Waals surface area contributed by atoms with Crippen LogP contribution in [-0.2, 0) is 33.2 Å². The topological polar surface area (TPSA) is 65.0 Å². The highest BCUT2D eigenvalue weighted by Crippen LogP contribution is 2.50. The van der Waals surface area contributed by atoms with Crippen molar-refractivity contribution in [2.24, 2.45) is 0 Å². The summed E-state index contributed by atoms with van der Waals surface area (Å²) in [5, 5.41) is 10.2. The molecule has 0 atom stereocenters. The number of ether oxygens (including phenoxy) is 1.